The van der Waals surface area contributed by atoms with Crippen LogP contribution >= 0.6 is 11.3 Å². The molecule has 1 amide bonds. The van der Waals surface area contributed by atoms with Crippen molar-refractivity contribution in [2.75, 3.05) is 31.1 Å². The Kier molecular flexibility index (Phi) is 3.00. The third-order valence-electron chi connectivity index (χ3n) is 4.90. The molecule has 1 aromatic rings. The Balaban J connectivity index is 1.59. The number of amides is 1. The maximum Gasteiger partial charge on any atom is 0.425 e. The summed E-state index contributed by atoms with van der Waals surface area (Å²) in [4.78, 5) is 15.1. The van der Waals surface area contributed by atoms with Crippen LogP contribution in [0.15, 0.2) is 12.1 Å². The zero-order valence-electron chi connectivity index (χ0n) is 11.7. The van der Waals surface area contributed by atoms with Crippen molar-refractivity contribution in [1.82, 2.24) is 4.90 Å². The number of halogens is 3. The molecule has 5 rings (SSSR count). The summed E-state index contributed by atoms with van der Waals surface area (Å²) in [5.41, 5.74) is -0.546. The third kappa shape index (κ3) is 2.11. The summed E-state index contributed by atoms with van der Waals surface area (Å²) in [7, 11) is 0. The number of anilines is 1. The van der Waals surface area contributed by atoms with Gasteiger partial charge in [-0.15, -0.1) is 11.3 Å². The smallest absolute Gasteiger partial charge is 0.425 e. The molecule has 0 N–H and O–H groups in total. The van der Waals surface area contributed by atoms with Crippen LogP contribution in [0.4, 0.5) is 23.0 Å². The summed E-state index contributed by atoms with van der Waals surface area (Å²) in [6.07, 6.45) is -2.93. The van der Waals surface area contributed by atoms with Crippen LogP contribution in [0.1, 0.15) is 17.7 Å². The predicted molar refractivity (Wildman–Crippen MR) is 75.0 cm³/mol. The van der Waals surface area contributed by atoms with Gasteiger partial charge in [0, 0.05) is 12.5 Å². The largest absolute Gasteiger partial charge is 0.439 e. The van der Waals surface area contributed by atoms with Gasteiger partial charge in [0.15, 0.2) is 0 Å². The summed E-state index contributed by atoms with van der Waals surface area (Å²) in [5, 5.41) is 0.311. The van der Waals surface area contributed by atoms with Crippen LogP contribution in [0.2, 0.25) is 0 Å². The third-order valence-corrected chi connectivity index (χ3v) is 6.05. The highest BCUT2D eigenvalue weighted by atomic mass is 32.1. The van der Waals surface area contributed by atoms with E-state index >= 15 is 0 Å². The number of piperidine rings is 3. The van der Waals surface area contributed by atoms with E-state index in [0.717, 1.165) is 32.0 Å². The van der Waals surface area contributed by atoms with Crippen molar-refractivity contribution in [2.45, 2.75) is 24.6 Å². The minimum atomic E-state index is -4.38. The first-order valence-electron chi connectivity index (χ1n) is 7.27. The molecule has 4 fully saturated rings. The van der Waals surface area contributed by atoms with Crippen LogP contribution in [-0.4, -0.2) is 42.8 Å². The van der Waals surface area contributed by atoms with E-state index in [9.17, 15) is 18.0 Å². The van der Waals surface area contributed by atoms with E-state index in [2.05, 4.69) is 4.90 Å². The minimum Gasteiger partial charge on any atom is -0.439 e. The first-order valence-corrected chi connectivity index (χ1v) is 8.09. The first-order chi connectivity index (χ1) is 10.4. The normalized spacial score (nSPS) is 34.5. The van der Waals surface area contributed by atoms with Gasteiger partial charge in [-0.2, -0.15) is 13.2 Å². The summed E-state index contributed by atoms with van der Waals surface area (Å²) >= 11 is 0.595. The van der Waals surface area contributed by atoms with Gasteiger partial charge in [0.2, 0.25) is 0 Å². The summed E-state index contributed by atoms with van der Waals surface area (Å²) in [6, 6.07) is 2.38. The van der Waals surface area contributed by atoms with Gasteiger partial charge in [-0.1, -0.05) is 0 Å². The molecule has 0 saturated carbocycles. The molecular formula is C14H15F3N2O2S. The highest BCUT2D eigenvalue weighted by Crippen LogP contribution is 2.45. The average molecular weight is 332 g/mol. The molecule has 0 aromatic carbocycles. The molecule has 4 nitrogen and oxygen atoms in total. The summed E-state index contributed by atoms with van der Waals surface area (Å²) in [5.74, 6) is 0.313. The fourth-order valence-electron chi connectivity index (χ4n) is 3.81. The minimum absolute atomic E-state index is 0.311. The topological polar surface area (TPSA) is 32.8 Å². The van der Waals surface area contributed by atoms with Gasteiger partial charge in [0.1, 0.15) is 15.5 Å². The standard InChI is InChI=1S/C14H15F3N2O2S/c15-14(16,17)10-1-2-11(22-10)19-8-13(21-12(19)20)7-18-5-3-9(13)4-6-18/h1-2,9H,3-8H2/t13-/m1/s1. The Morgan fingerprint density at radius 3 is 2.50 bits per heavy atom. The molecule has 120 valence electrons. The number of alkyl halides is 3. The second kappa shape index (κ2) is 4.61. The molecule has 0 aliphatic carbocycles. The van der Waals surface area contributed by atoms with Crippen molar-refractivity contribution in [3.8, 4) is 0 Å². The maximum atomic E-state index is 12.7. The number of hydrogen-bond acceptors (Lipinski definition) is 4. The van der Waals surface area contributed by atoms with Crippen molar-refractivity contribution in [3.05, 3.63) is 17.0 Å². The van der Waals surface area contributed by atoms with Crippen molar-refractivity contribution >= 4 is 22.4 Å². The molecule has 1 spiro atoms. The van der Waals surface area contributed by atoms with Crippen LogP contribution in [0.25, 0.3) is 0 Å². The monoisotopic (exact) mass is 332 g/mol. The van der Waals surface area contributed by atoms with E-state index < -0.39 is 22.7 Å². The zero-order valence-corrected chi connectivity index (χ0v) is 12.5. The fourth-order valence-corrected chi connectivity index (χ4v) is 4.67. The van der Waals surface area contributed by atoms with Gasteiger partial charge in [-0.05, 0) is 38.1 Å². The molecule has 0 radical (unpaired) electrons. The molecule has 4 aliphatic heterocycles. The zero-order chi connectivity index (χ0) is 15.5. The van der Waals surface area contributed by atoms with Crippen LogP contribution < -0.4 is 4.90 Å². The summed E-state index contributed by atoms with van der Waals surface area (Å²) < 4.78 is 43.8. The highest BCUT2D eigenvalue weighted by molar-refractivity contribution is 7.16. The maximum absolute atomic E-state index is 12.7. The molecule has 1 aromatic heterocycles. The molecular weight excluding hydrogens is 317 g/mol. The molecule has 0 unspecified atom stereocenters. The number of hydrogen-bond donors (Lipinski definition) is 0. The van der Waals surface area contributed by atoms with E-state index in [4.69, 9.17) is 4.74 Å². The fraction of sp³-hybridized carbons (Fsp3) is 0.643. The van der Waals surface area contributed by atoms with Crippen molar-refractivity contribution < 1.29 is 22.7 Å². The van der Waals surface area contributed by atoms with Gasteiger partial charge >= 0.3 is 12.3 Å². The molecule has 4 aliphatic rings. The number of fused-ring (bicyclic) bond motifs is 2. The van der Waals surface area contributed by atoms with Gasteiger partial charge in [-0.25, -0.2) is 4.79 Å². The lowest BCUT2D eigenvalue weighted by Gasteiger charge is -2.49. The molecule has 2 bridgehead atoms. The molecule has 5 heterocycles. The molecule has 1 atom stereocenters. The van der Waals surface area contributed by atoms with Gasteiger partial charge in [0.25, 0.3) is 0 Å². The van der Waals surface area contributed by atoms with Crippen LogP contribution in [0.3, 0.4) is 0 Å². The quantitative estimate of drug-likeness (QED) is 0.792. The van der Waals surface area contributed by atoms with E-state index in [1.54, 1.807) is 0 Å². The number of carbonyl (C=O) groups is 1. The number of thiophene rings is 1. The number of rotatable bonds is 1. The lowest BCUT2D eigenvalue weighted by molar-refractivity contribution is -0.134. The number of carbonyl (C=O) groups excluding carboxylic acids is 1. The second-order valence-corrected chi connectivity index (χ2v) is 7.27. The number of nitrogens with zero attached hydrogens (tertiary/aromatic N) is 2. The van der Waals surface area contributed by atoms with Gasteiger partial charge in [-0.3, -0.25) is 9.80 Å². The lowest BCUT2D eigenvalue weighted by Crippen LogP contribution is -2.61. The highest BCUT2D eigenvalue weighted by Gasteiger charge is 2.56. The molecule has 22 heavy (non-hydrogen) atoms. The van der Waals surface area contributed by atoms with Crippen LogP contribution in [0.5, 0.6) is 0 Å². The predicted octanol–water partition coefficient (Wildman–Crippen LogP) is 3.19. The van der Waals surface area contributed by atoms with Crippen molar-refractivity contribution in [2.24, 2.45) is 5.92 Å². The van der Waals surface area contributed by atoms with E-state index in [-0.39, 0.29) is 0 Å². The second-order valence-electron chi connectivity index (χ2n) is 6.20. The van der Waals surface area contributed by atoms with Crippen molar-refractivity contribution in [1.29, 1.82) is 0 Å². The van der Waals surface area contributed by atoms with Gasteiger partial charge in [0.05, 0.1) is 6.54 Å². The van der Waals surface area contributed by atoms with E-state index in [1.807, 2.05) is 0 Å². The SMILES string of the molecule is O=C1O[C@]2(CN3CCC2CC3)CN1c1ccc(C(F)(F)F)s1. The molecule has 4 saturated heterocycles. The Hall–Kier alpha value is -1.28. The lowest BCUT2D eigenvalue weighted by atomic mass is 9.75. The Morgan fingerprint density at radius 1 is 1.23 bits per heavy atom. The first kappa shape index (κ1) is 14.3. The number of ether oxygens (including phenoxy) is 1. The van der Waals surface area contributed by atoms with E-state index in [0.29, 0.717) is 35.3 Å². The van der Waals surface area contributed by atoms with Gasteiger partial charge < -0.3 is 4.74 Å². The van der Waals surface area contributed by atoms with Crippen LogP contribution in [0, 0.1) is 5.92 Å². The Bertz CT molecular complexity index is 609. The van der Waals surface area contributed by atoms with Crippen molar-refractivity contribution in [3.63, 3.8) is 0 Å². The van der Waals surface area contributed by atoms with Crippen LogP contribution in [-0.2, 0) is 10.9 Å². The Morgan fingerprint density at radius 2 is 1.95 bits per heavy atom. The molecule has 8 heteroatoms. The summed E-state index contributed by atoms with van der Waals surface area (Å²) in [6.45, 7) is 3.07. The van der Waals surface area contributed by atoms with E-state index in [1.165, 1.54) is 11.0 Å². The average Bonchev–Trinajstić information content (AvgIpc) is 3.05. The Labute approximate surface area is 129 Å².